The van der Waals surface area contributed by atoms with E-state index in [1.54, 1.807) is 31.2 Å². The van der Waals surface area contributed by atoms with Crippen molar-refractivity contribution in [2.75, 3.05) is 11.8 Å². The lowest BCUT2D eigenvalue weighted by molar-refractivity contribution is 0.414. The molecule has 0 aliphatic carbocycles. The van der Waals surface area contributed by atoms with Crippen LogP contribution in [0.15, 0.2) is 59.5 Å². The summed E-state index contributed by atoms with van der Waals surface area (Å²) in [6, 6.07) is 17.5. The first kappa shape index (κ1) is 20.9. The summed E-state index contributed by atoms with van der Waals surface area (Å²) in [6.07, 6.45) is 0. The van der Waals surface area contributed by atoms with Crippen molar-refractivity contribution in [3.63, 3.8) is 0 Å². The molecule has 2 N–H and O–H groups in total. The Morgan fingerprint density at radius 3 is 2.10 bits per heavy atom. The van der Waals surface area contributed by atoms with Gasteiger partial charge in [-0.2, -0.15) is 0 Å². The first-order valence-corrected chi connectivity index (χ1v) is 10.4. The van der Waals surface area contributed by atoms with E-state index in [-0.39, 0.29) is 5.92 Å². The molecule has 4 nitrogen and oxygen atoms in total. The van der Waals surface area contributed by atoms with E-state index in [4.69, 9.17) is 9.47 Å². The fourth-order valence-corrected chi connectivity index (χ4v) is 3.73. The molecule has 0 heterocycles. The van der Waals surface area contributed by atoms with Crippen molar-refractivity contribution in [1.82, 2.24) is 0 Å². The first-order valence-electron chi connectivity index (χ1n) is 9.56. The number of aromatic hydroxyl groups is 1. The van der Waals surface area contributed by atoms with Crippen LogP contribution in [-0.4, -0.2) is 12.2 Å². The molecule has 0 fully saturated rings. The normalized spacial score (nSPS) is 10.8. The average Bonchev–Trinajstić information content (AvgIpc) is 2.70. The average molecular weight is 410 g/mol. The number of hydrogen-bond acceptors (Lipinski definition) is 5. The lowest BCUT2D eigenvalue weighted by Crippen LogP contribution is -1.96. The van der Waals surface area contributed by atoms with Gasteiger partial charge in [0, 0.05) is 16.1 Å². The number of phenolic OH excluding ortho intramolecular Hbond substituents is 1. The van der Waals surface area contributed by atoms with E-state index in [1.807, 2.05) is 44.2 Å². The highest BCUT2D eigenvalue weighted by Crippen LogP contribution is 2.36. The molecule has 3 aromatic rings. The van der Waals surface area contributed by atoms with E-state index in [0.717, 1.165) is 44.5 Å². The zero-order valence-electron chi connectivity index (χ0n) is 17.4. The molecule has 3 aromatic carbocycles. The highest BCUT2D eigenvalue weighted by atomic mass is 32.2. The third kappa shape index (κ3) is 5.18. The molecule has 3 rings (SSSR count). The Morgan fingerprint density at radius 2 is 1.52 bits per heavy atom. The number of aryl methyl sites for hydroxylation is 2. The van der Waals surface area contributed by atoms with Crippen molar-refractivity contribution >= 4 is 17.6 Å². The van der Waals surface area contributed by atoms with Crippen LogP contribution < -0.4 is 14.2 Å². The van der Waals surface area contributed by atoms with Crippen LogP contribution in [0.25, 0.3) is 0 Å². The van der Waals surface area contributed by atoms with Crippen molar-refractivity contribution in [3.05, 3.63) is 71.3 Å². The van der Waals surface area contributed by atoms with E-state index >= 15 is 0 Å². The molecule has 0 saturated carbocycles. The summed E-state index contributed by atoms with van der Waals surface area (Å²) in [5, 5.41) is 10.0. The Balaban J connectivity index is 1.74. The van der Waals surface area contributed by atoms with Crippen molar-refractivity contribution in [1.29, 1.82) is 0 Å². The number of hydrogen-bond donors (Lipinski definition) is 2. The van der Waals surface area contributed by atoms with Gasteiger partial charge >= 0.3 is 0 Å². The molecule has 0 radical (unpaired) electrons. The predicted molar refractivity (Wildman–Crippen MR) is 121 cm³/mol. The van der Waals surface area contributed by atoms with Gasteiger partial charge in [-0.15, -0.1) is 0 Å². The molecule has 29 heavy (non-hydrogen) atoms. The Hall–Kier alpha value is -2.79. The van der Waals surface area contributed by atoms with Gasteiger partial charge in [-0.05, 0) is 97.4 Å². The highest BCUT2D eigenvalue weighted by Gasteiger charge is 2.12. The number of methoxy groups -OCH3 is 1. The molecule has 0 atom stereocenters. The fourth-order valence-electron chi connectivity index (χ4n) is 3.11. The molecule has 0 aliphatic heterocycles. The van der Waals surface area contributed by atoms with E-state index in [1.165, 1.54) is 0 Å². The molecule has 0 spiro atoms. The van der Waals surface area contributed by atoms with Gasteiger partial charge in [0.1, 0.15) is 23.0 Å². The van der Waals surface area contributed by atoms with Gasteiger partial charge in [0.25, 0.3) is 0 Å². The molecule has 0 unspecified atom stereocenters. The van der Waals surface area contributed by atoms with Crippen LogP contribution in [-0.2, 0) is 0 Å². The summed E-state index contributed by atoms with van der Waals surface area (Å²) < 4.78 is 14.8. The van der Waals surface area contributed by atoms with Gasteiger partial charge in [0.2, 0.25) is 0 Å². The largest absolute Gasteiger partial charge is 0.508 e. The maximum absolute atomic E-state index is 10.0. The Kier molecular flexibility index (Phi) is 6.60. The van der Waals surface area contributed by atoms with E-state index in [2.05, 4.69) is 30.7 Å². The van der Waals surface area contributed by atoms with Gasteiger partial charge in [-0.3, -0.25) is 0 Å². The first-order chi connectivity index (χ1) is 13.9. The Morgan fingerprint density at radius 1 is 0.897 bits per heavy atom. The van der Waals surface area contributed by atoms with Crippen LogP contribution in [0.3, 0.4) is 0 Å². The van der Waals surface area contributed by atoms with E-state index in [9.17, 15) is 5.11 Å². The standard InChI is InChI=1S/C24H27NO3S/c1-15(2)22-14-20(8-11-23(22)26)28-24-16(3)12-18(13-17(24)4)25-29-21-9-6-19(27-5)7-10-21/h6-15,25-26H,1-5H3. The quantitative estimate of drug-likeness (QED) is 0.409. The maximum atomic E-state index is 10.0. The molecule has 0 bridgehead atoms. The summed E-state index contributed by atoms with van der Waals surface area (Å²) in [4.78, 5) is 1.10. The Bertz CT molecular complexity index is 961. The van der Waals surface area contributed by atoms with Gasteiger partial charge < -0.3 is 19.3 Å². The van der Waals surface area contributed by atoms with E-state index < -0.39 is 0 Å². The Labute approximate surface area is 177 Å². The molecule has 0 aromatic heterocycles. The zero-order valence-corrected chi connectivity index (χ0v) is 18.3. The lowest BCUT2D eigenvalue weighted by atomic mass is 10.0. The number of nitrogens with one attached hydrogen (secondary N) is 1. The third-order valence-corrected chi connectivity index (χ3v) is 5.49. The molecule has 0 amide bonds. The molecule has 152 valence electrons. The lowest BCUT2D eigenvalue weighted by Gasteiger charge is -2.16. The number of ether oxygens (including phenoxy) is 2. The third-order valence-electron chi connectivity index (χ3n) is 4.65. The monoisotopic (exact) mass is 409 g/mol. The van der Waals surface area contributed by atoms with Gasteiger partial charge in [-0.25, -0.2) is 0 Å². The second-order valence-corrected chi connectivity index (χ2v) is 8.18. The minimum atomic E-state index is 0.224. The van der Waals surface area contributed by atoms with Crippen molar-refractivity contribution in [2.45, 2.75) is 38.5 Å². The molecule has 0 saturated heterocycles. The highest BCUT2D eigenvalue weighted by molar-refractivity contribution is 8.00. The zero-order chi connectivity index (χ0) is 21.0. The second kappa shape index (κ2) is 9.14. The maximum Gasteiger partial charge on any atom is 0.133 e. The van der Waals surface area contributed by atoms with Crippen molar-refractivity contribution < 1.29 is 14.6 Å². The van der Waals surface area contributed by atoms with Crippen LogP contribution >= 0.6 is 11.9 Å². The number of phenols is 1. The van der Waals surface area contributed by atoms with Crippen LogP contribution in [0.2, 0.25) is 0 Å². The predicted octanol–water partition coefficient (Wildman–Crippen LogP) is 7.05. The van der Waals surface area contributed by atoms with Gasteiger partial charge in [0.15, 0.2) is 0 Å². The van der Waals surface area contributed by atoms with Gasteiger partial charge in [0.05, 0.1) is 7.11 Å². The van der Waals surface area contributed by atoms with Crippen LogP contribution in [0.5, 0.6) is 23.0 Å². The minimum absolute atomic E-state index is 0.224. The summed E-state index contributed by atoms with van der Waals surface area (Å²) in [6.45, 7) is 8.18. The number of benzene rings is 3. The SMILES string of the molecule is COc1ccc(SNc2cc(C)c(Oc3ccc(O)c(C(C)C)c3)c(C)c2)cc1. The van der Waals surface area contributed by atoms with E-state index in [0.29, 0.717) is 5.75 Å². The van der Waals surface area contributed by atoms with Gasteiger partial charge in [-0.1, -0.05) is 13.8 Å². The van der Waals surface area contributed by atoms with Crippen LogP contribution in [0.1, 0.15) is 36.5 Å². The molecular weight excluding hydrogens is 382 g/mol. The minimum Gasteiger partial charge on any atom is -0.508 e. The van der Waals surface area contributed by atoms with Crippen LogP contribution in [0.4, 0.5) is 5.69 Å². The second-order valence-electron chi connectivity index (χ2n) is 7.30. The number of rotatable bonds is 7. The van der Waals surface area contributed by atoms with Crippen molar-refractivity contribution in [2.24, 2.45) is 0 Å². The fraction of sp³-hybridized carbons (Fsp3) is 0.250. The van der Waals surface area contributed by atoms with Crippen LogP contribution in [0, 0.1) is 13.8 Å². The molecular formula is C24H27NO3S. The molecule has 5 heteroatoms. The smallest absolute Gasteiger partial charge is 0.133 e. The number of anilines is 1. The topological polar surface area (TPSA) is 50.7 Å². The summed E-state index contributed by atoms with van der Waals surface area (Å²) >= 11 is 1.55. The summed E-state index contributed by atoms with van der Waals surface area (Å²) in [7, 11) is 1.66. The summed E-state index contributed by atoms with van der Waals surface area (Å²) in [5.41, 5.74) is 3.98. The van der Waals surface area contributed by atoms with Crippen molar-refractivity contribution in [3.8, 4) is 23.0 Å². The molecule has 0 aliphatic rings. The summed E-state index contributed by atoms with van der Waals surface area (Å²) in [5.74, 6) is 2.94.